The van der Waals surface area contributed by atoms with Crippen molar-refractivity contribution < 1.29 is 22.7 Å². The fourth-order valence-corrected chi connectivity index (χ4v) is 3.97. The van der Waals surface area contributed by atoms with E-state index < -0.39 is 17.7 Å². The number of rotatable bonds is 3. The van der Waals surface area contributed by atoms with Gasteiger partial charge in [0.25, 0.3) is 0 Å². The number of primary amides is 1. The summed E-state index contributed by atoms with van der Waals surface area (Å²) in [6.45, 7) is 0.903. The third-order valence-corrected chi connectivity index (χ3v) is 5.52. The summed E-state index contributed by atoms with van der Waals surface area (Å²) in [7, 11) is 1.60. The van der Waals surface area contributed by atoms with Crippen molar-refractivity contribution in [3.8, 4) is 0 Å². The molecule has 1 aromatic heterocycles. The molecule has 1 saturated carbocycles. The first kappa shape index (κ1) is 17.7. The van der Waals surface area contributed by atoms with Gasteiger partial charge in [-0.05, 0) is 25.0 Å². The Kier molecular flexibility index (Phi) is 3.73. The number of alkyl halides is 3. The van der Waals surface area contributed by atoms with Crippen LogP contribution in [-0.4, -0.2) is 41.0 Å². The molecule has 0 bridgehead atoms. The SMILES string of the molecule is Cn1c(C2(C(F)(F)F)CC2)nc2c(N3CC[C@@H](OC(N)=O)C3)c(N)ccc21. The third kappa shape index (κ3) is 2.65. The standard InChI is InChI=1S/C17H20F3N5O2/c1-24-11-3-2-10(21)13(25-7-4-9(8-25)27-15(22)26)12(11)23-14(24)16(5-6-16)17(18,19)20/h2-3,9H,4-8,21H2,1H3,(H2,22,26)/t9-/m1/s1. The van der Waals surface area contributed by atoms with E-state index in [0.29, 0.717) is 41.9 Å². The predicted molar refractivity (Wildman–Crippen MR) is 93.4 cm³/mol. The molecule has 1 amide bonds. The molecular formula is C17H20F3N5O2. The number of carbonyl (C=O) groups excluding carboxylic acids is 1. The van der Waals surface area contributed by atoms with E-state index in [2.05, 4.69) is 4.98 Å². The second-order valence-electron chi connectivity index (χ2n) is 7.24. The number of hydrogen-bond donors (Lipinski definition) is 2. The number of fused-ring (bicyclic) bond motifs is 1. The first-order valence-corrected chi connectivity index (χ1v) is 8.67. The van der Waals surface area contributed by atoms with Gasteiger partial charge in [-0.1, -0.05) is 0 Å². The lowest BCUT2D eigenvalue weighted by Crippen LogP contribution is -2.31. The first-order valence-electron chi connectivity index (χ1n) is 8.67. The molecular weight excluding hydrogens is 363 g/mol. The number of halogens is 3. The molecule has 2 heterocycles. The van der Waals surface area contributed by atoms with E-state index in [1.807, 2.05) is 4.90 Å². The molecule has 1 aliphatic carbocycles. The van der Waals surface area contributed by atoms with Crippen LogP contribution in [0.3, 0.4) is 0 Å². The summed E-state index contributed by atoms with van der Waals surface area (Å²) in [6.07, 6.45) is -4.94. The number of carbonyl (C=O) groups is 1. The van der Waals surface area contributed by atoms with Crippen molar-refractivity contribution in [3.05, 3.63) is 18.0 Å². The summed E-state index contributed by atoms with van der Waals surface area (Å²) < 4.78 is 47.3. The molecule has 1 atom stereocenters. The average Bonchev–Trinajstić information content (AvgIpc) is 3.16. The Hall–Kier alpha value is -2.65. The van der Waals surface area contributed by atoms with E-state index >= 15 is 0 Å². The summed E-state index contributed by atoms with van der Waals surface area (Å²) in [5.74, 6) is 0.0148. The van der Waals surface area contributed by atoms with Crippen molar-refractivity contribution in [2.24, 2.45) is 12.8 Å². The number of hydrogen-bond acceptors (Lipinski definition) is 5. The molecule has 146 valence electrons. The Morgan fingerprint density at radius 1 is 1.37 bits per heavy atom. The van der Waals surface area contributed by atoms with Crippen molar-refractivity contribution in [1.29, 1.82) is 0 Å². The number of benzene rings is 1. The van der Waals surface area contributed by atoms with Gasteiger partial charge < -0.3 is 25.7 Å². The molecule has 1 aliphatic heterocycles. The quantitative estimate of drug-likeness (QED) is 0.793. The smallest absolute Gasteiger partial charge is 0.404 e. The van der Waals surface area contributed by atoms with Crippen molar-refractivity contribution in [3.63, 3.8) is 0 Å². The highest BCUT2D eigenvalue weighted by molar-refractivity contribution is 5.96. The van der Waals surface area contributed by atoms with Gasteiger partial charge >= 0.3 is 12.3 Å². The van der Waals surface area contributed by atoms with Crippen LogP contribution in [0.25, 0.3) is 11.0 Å². The highest BCUT2D eigenvalue weighted by atomic mass is 19.4. The minimum atomic E-state index is -4.35. The molecule has 1 aromatic carbocycles. The Labute approximate surface area is 153 Å². The van der Waals surface area contributed by atoms with E-state index in [0.717, 1.165) is 0 Å². The number of anilines is 2. The maximum atomic E-state index is 13.6. The predicted octanol–water partition coefficient (Wildman–Crippen LogP) is 2.42. The Balaban J connectivity index is 1.78. The van der Waals surface area contributed by atoms with E-state index in [1.54, 1.807) is 19.2 Å². The van der Waals surface area contributed by atoms with E-state index in [9.17, 15) is 18.0 Å². The number of nitrogens with zero attached hydrogens (tertiary/aromatic N) is 3. The van der Waals surface area contributed by atoms with Crippen LogP contribution in [0.15, 0.2) is 12.1 Å². The second-order valence-corrected chi connectivity index (χ2v) is 7.24. The molecule has 1 saturated heterocycles. The topological polar surface area (TPSA) is 99.4 Å². The second kappa shape index (κ2) is 5.67. The highest BCUT2D eigenvalue weighted by Gasteiger charge is 2.66. The minimum absolute atomic E-state index is 0.0148. The number of aromatic nitrogens is 2. The maximum absolute atomic E-state index is 13.6. The lowest BCUT2D eigenvalue weighted by molar-refractivity contribution is -0.162. The van der Waals surface area contributed by atoms with Gasteiger partial charge in [0.15, 0.2) is 0 Å². The summed E-state index contributed by atoms with van der Waals surface area (Å²) in [6, 6.07) is 3.35. The van der Waals surface area contributed by atoms with Crippen molar-refractivity contribution >= 4 is 28.5 Å². The third-order valence-electron chi connectivity index (χ3n) is 5.52. The van der Waals surface area contributed by atoms with Crippen LogP contribution in [0.1, 0.15) is 25.1 Å². The van der Waals surface area contributed by atoms with Crippen molar-refractivity contribution in [2.45, 2.75) is 37.0 Å². The number of nitrogens with two attached hydrogens (primary N) is 2. The van der Waals surface area contributed by atoms with Gasteiger partial charge in [-0.2, -0.15) is 13.2 Å². The number of ether oxygens (including phenoxy) is 1. The zero-order valence-corrected chi connectivity index (χ0v) is 14.7. The molecule has 4 rings (SSSR count). The van der Waals surface area contributed by atoms with Gasteiger partial charge in [-0.15, -0.1) is 0 Å². The van der Waals surface area contributed by atoms with Crippen LogP contribution < -0.4 is 16.4 Å². The molecule has 0 spiro atoms. The minimum Gasteiger partial charge on any atom is -0.444 e. The van der Waals surface area contributed by atoms with E-state index in [1.165, 1.54) is 4.57 Å². The fourth-order valence-electron chi connectivity index (χ4n) is 3.97. The van der Waals surface area contributed by atoms with Gasteiger partial charge in [0.05, 0.1) is 23.4 Å². The van der Waals surface area contributed by atoms with E-state index in [-0.39, 0.29) is 24.8 Å². The highest BCUT2D eigenvalue weighted by Crippen LogP contribution is 2.59. The number of amides is 1. The van der Waals surface area contributed by atoms with Gasteiger partial charge in [0.2, 0.25) is 0 Å². The number of imidazole rings is 1. The number of aryl methyl sites for hydroxylation is 1. The lowest BCUT2D eigenvalue weighted by atomic mass is 10.1. The van der Waals surface area contributed by atoms with Crippen LogP contribution in [-0.2, 0) is 17.2 Å². The van der Waals surface area contributed by atoms with Gasteiger partial charge in [-0.3, -0.25) is 0 Å². The molecule has 4 N–H and O–H groups in total. The van der Waals surface area contributed by atoms with Gasteiger partial charge in [-0.25, -0.2) is 9.78 Å². The van der Waals surface area contributed by atoms with Crippen molar-refractivity contribution in [2.75, 3.05) is 23.7 Å². The molecule has 10 heteroatoms. The summed E-state index contributed by atoms with van der Waals surface area (Å²) in [5, 5.41) is 0. The van der Waals surface area contributed by atoms with Gasteiger partial charge in [0, 0.05) is 20.0 Å². The summed E-state index contributed by atoms with van der Waals surface area (Å²) in [5.41, 5.74) is 11.3. The Morgan fingerprint density at radius 2 is 2.07 bits per heavy atom. The van der Waals surface area contributed by atoms with Gasteiger partial charge in [0.1, 0.15) is 22.9 Å². The molecule has 2 aromatic rings. The zero-order chi connectivity index (χ0) is 19.6. The summed E-state index contributed by atoms with van der Waals surface area (Å²) >= 11 is 0. The molecule has 0 unspecified atom stereocenters. The van der Waals surface area contributed by atoms with Crippen LogP contribution in [0.5, 0.6) is 0 Å². The fraction of sp³-hybridized carbons (Fsp3) is 0.529. The van der Waals surface area contributed by atoms with E-state index in [4.69, 9.17) is 16.2 Å². The number of nitrogen functional groups attached to an aromatic ring is 1. The van der Waals surface area contributed by atoms with Crippen LogP contribution in [0.4, 0.5) is 29.3 Å². The monoisotopic (exact) mass is 383 g/mol. The first-order chi connectivity index (χ1) is 12.6. The molecule has 2 fully saturated rings. The van der Waals surface area contributed by atoms with Crippen LogP contribution in [0, 0.1) is 0 Å². The Morgan fingerprint density at radius 3 is 2.67 bits per heavy atom. The molecule has 2 aliphatic rings. The maximum Gasteiger partial charge on any atom is 0.404 e. The zero-order valence-electron chi connectivity index (χ0n) is 14.7. The Bertz CT molecular complexity index is 919. The summed E-state index contributed by atoms with van der Waals surface area (Å²) in [4.78, 5) is 17.2. The largest absolute Gasteiger partial charge is 0.444 e. The normalized spacial score (nSPS) is 21.6. The molecule has 7 nitrogen and oxygen atoms in total. The van der Waals surface area contributed by atoms with Crippen LogP contribution >= 0.6 is 0 Å². The molecule has 27 heavy (non-hydrogen) atoms. The van der Waals surface area contributed by atoms with Crippen molar-refractivity contribution in [1.82, 2.24) is 9.55 Å². The van der Waals surface area contributed by atoms with Crippen LogP contribution in [0.2, 0.25) is 0 Å². The average molecular weight is 383 g/mol. The lowest BCUT2D eigenvalue weighted by Gasteiger charge is -2.20. The molecule has 0 radical (unpaired) electrons.